The molecule has 0 fully saturated rings. The van der Waals surface area contributed by atoms with Gasteiger partial charge in [-0.1, -0.05) is 24.3 Å². The molecule has 0 radical (unpaired) electrons. The van der Waals surface area contributed by atoms with Crippen LogP contribution in [0.3, 0.4) is 0 Å². The van der Waals surface area contributed by atoms with Gasteiger partial charge in [0.25, 0.3) is 0 Å². The number of furan rings is 1. The van der Waals surface area contributed by atoms with E-state index in [-0.39, 0.29) is 18.6 Å². The number of amides is 2. The van der Waals surface area contributed by atoms with E-state index < -0.39 is 5.60 Å². The number of thiophene rings is 1. The Bertz CT molecular complexity index is 791. The van der Waals surface area contributed by atoms with E-state index in [4.69, 9.17) is 4.42 Å². The van der Waals surface area contributed by atoms with Crippen LogP contribution in [0.1, 0.15) is 30.5 Å². The molecule has 3 N–H and O–H groups in total. The Balaban J connectivity index is 1.58. The lowest BCUT2D eigenvalue weighted by molar-refractivity contribution is 0.0630. The van der Waals surface area contributed by atoms with Crippen LogP contribution in [0.15, 0.2) is 52.3 Å². The van der Waals surface area contributed by atoms with Crippen molar-refractivity contribution >= 4 is 28.3 Å². The monoisotopic (exact) mass is 344 g/mol. The molecular formula is C18H20N2O3S. The van der Waals surface area contributed by atoms with E-state index in [1.54, 1.807) is 6.92 Å². The summed E-state index contributed by atoms with van der Waals surface area (Å²) >= 11 is 1.46. The summed E-state index contributed by atoms with van der Waals surface area (Å²) in [5, 5.41) is 18.9. The molecule has 2 heterocycles. The first kappa shape index (κ1) is 16.5. The lowest BCUT2D eigenvalue weighted by Crippen LogP contribution is -2.43. The highest BCUT2D eigenvalue weighted by Crippen LogP contribution is 2.25. The van der Waals surface area contributed by atoms with Crippen LogP contribution in [0.4, 0.5) is 4.79 Å². The molecule has 3 aromatic rings. The number of hydrogen-bond donors (Lipinski definition) is 3. The van der Waals surface area contributed by atoms with Crippen LogP contribution in [0.5, 0.6) is 0 Å². The third-order valence-corrected chi connectivity index (χ3v) is 4.99. The Morgan fingerprint density at radius 2 is 2.12 bits per heavy atom. The Morgan fingerprint density at radius 1 is 1.33 bits per heavy atom. The summed E-state index contributed by atoms with van der Waals surface area (Å²) in [5.41, 5.74) is -0.295. The molecule has 0 aliphatic rings. The summed E-state index contributed by atoms with van der Waals surface area (Å²) in [6.07, 6.45) is 0. The van der Waals surface area contributed by atoms with Crippen molar-refractivity contribution in [1.29, 1.82) is 0 Å². The fraction of sp³-hybridized carbons (Fsp3) is 0.278. The van der Waals surface area contributed by atoms with Crippen LogP contribution in [0.2, 0.25) is 0 Å². The third kappa shape index (κ3) is 3.60. The molecule has 3 rings (SSSR count). The number of rotatable bonds is 5. The molecule has 24 heavy (non-hydrogen) atoms. The molecule has 0 spiro atoms. The zero-order valence-electron chi connectivity index (χ0n) is 13.6. The van der Waals surface area contributed by atoms with Crippen LogP contribution in [-0.4, -0.2) is 17.7 Å². The molecule has 2 amide bonds. The molecular weight excluding hydrogens is 324 g/mol. The predicted octanol–water partition coefficient (Wildman–Crippen LogP) is 3.76. The molecule has 0 aliphatic heterocycles. The zero-order valence-corrected chi connectivity index (χ0v) is 14.4. The van der Waals surface area contributed by atoms with E-state index in [1.807, 2.05) is 54.8 Å². The number of para-hydroxylation sites is 1. The van der Waals surface area contributed by atoms with E-state index in [9.17, 15) is 9.90 Å². The molecule has 5 nitrogen and oxygen atoms in total. The smallest absolute Gasteiger partial charge is 0.315 e. The van der Waals surface area contributed by atoms with Gasteiger partial charge in [-0.25, -0.2) is 4.79 Å². The van der Waals surface area contributed by atoms with E-state index in [0.717, 1.165) is 15.8 Å². The number of carbonyl (C=O) groups is 1. The summed E-state index contributed by atoms with van der Waals surface area (Å²) in [6.45, 7) is 3.67. The first-order valence-electron chi connectivity index (χ1n) is 7.75. The largest absolute Gasteiger partial charge is 0.459 e. The number of nitrogens with one attached hydrogen (secondary N) is 2. The van der Waals surface area contributed by atoms with E-state index in [1.165, 1.54) is 11.3 Å². The van der Waals surface area contributed by atoms with Gasteiger partial charge < -0.3 is 20.2 Å². The molecule has 0 aliphatic carbocycles. The maximum Gasteiger partial charge on any atom is 0.315 e. The molecule has 0 bridgehead atoms. The van der Waals surface area contributed by atoms with Gasteiger partial charge in [0, 0.05) is 10.3 Å². The lowest BCUT2D eigenvalue weighted by Gasteiger charge is -2.23. The summed E-state index contributed by atoms with van der Waals surface area (Å²) in [4.78, 5) is 12.9. The van der Waals surface area contributed by atoms with E-state index in [2.05, 4.69) is 10.6 Å². The second-order valence-corrected chi connectivity index (χ2v) is 6.93. The van der Waals surface area contributed by atoms with Crippen molar-refractivity contribution in [1.82, 2.24) is 10.6 Å². The number of fused-ring (bicyclic) bond motifs is 1. The average molecular weight is 344 g/mol. The fourth-order valence-corrected chi connectivity index (χ4v) is 3.25. The minimum atomic E-state index is -1.09. The minimum absolute atomic E-state index is 0.131. The molecule has 6 heteroatoms. The minimum Gasteiger partial charge on any atom is -0.459 e. The highest BCUT2D eigenvalue weighted by Gasteiger charge is 2.25. The van der Waals surface area contributed by atoms with Gasteiger partial charge in [-0.3, -0.25) is 0 Å². The molecule has 2 atom stereocenters. The molecule has 1 aromatic carbocycles. The van der Waals surface area contributed by atoms with E-state index in [0.29, 0.717) is 5.76 Å². The van der Waals surface area contributed by atoms with Crippen molar-refractivity contribution in [3.05, 3.63) is 58.5 Å². The zero-order chi connectivity index (χ0) is 17.2. The first-order valence-corrected chi connectivity index (χ1v) is 8.63. The third-order valence-electron chi connectivity index (χ3n) is 3.86. The van der Waals surface area contributed by atoms with Crippen molar-refractivity contribution < 1.29 is 14.3 Å². The van der Waals surface area contributed by atoms with Crippen LogP contribution in [-0.2, 0) is 5.60 Å². The number of carbonyl (C=O) groups excluding carboxylic acids is 1. The second kappa shape index (κ2) is 6.67. The summed E-state index contributed by atoms with van der Waals surface area (Å²) in [7, 11) is 0. The Morgan fingerprint density at radius 3 is 2.83 bits per heavy atom. The van der Waals surface area contributed by atoms with Gasteiger partial charge in [-0.15, -0.1) is 11.3 Å². The maximum atomic E-state index is 12.1. The molecule has 0 saturated carbocycles. The average Bonchev–Trinajstić information content (AvgIpc) is 3.22. The van der Waals surface area contributed by atoms with E-state index >= 15 is 0 Å². The Kier molecular flexibility index (Phi) is 4.59. The topological polar surface area (TPSA) is 74.5 Å². The number of urea groups is 1. The molecule has 0 saturated heterocycles. The highest BCUT2D eigenvalue weighted by molar-refractivity contribution is 7.10. The van der Waals surface area contributed by atoms with Crippen molar-refractivity contribution in [3.63, 3.8) is 0 Å². The van der Waals surface area contributed by atoms with Crippen LogP contribution in [0.25, 0.3) is 11.0 Å². The standard InChI is InChI=1S/C18H20N2O3S/c1-12(15-10-13-6-3-4-7-14(13)23-15)20-17(21)19-11-18(2,22)16-8-5-9-24-16/h3-10,12,22H,11H2,1-2H3,(H2,19,20,21). The number of aliphatic hydroxyl groups is 1. The van der Waals surface area contributed by atoms with Crippen molar-refractivity contribution in [2.75, 3.05) is 6.54 Å². The van der Waals surface area contributed by atoms with Crippen LogP contribution in [0, 0.1) is 0 Å². The summed E-state index contributed by atoms with van der Waals surface area (Å²) in [6, 6.07) is 12.7. The van der Waals surface area contributed by atoms with Gasteiger partial charge in [-0.2, -0.15) is 0 Å². The van der Waals surface area contributed by atoms with Crippen LogP contribution < -0.4 is 10.6 Å². The molecule has 2 aromatic heterocycles. The van der Waals surface area contributed by atoms with Crippen molar-refractivity contribution in [2.45, 2.75) is 25.5 Å². The maximum absolute atomic E-state index is 12.1. The Labute approximate surface area is 144 Å². The predicted molar refractivity (Wildman–Crippen MR) is 95.1 cm³/mol. The summed E-state index contributed by atoms with van der Waals surface area (Å²) in [5.74, 6) is 0.691. The van der Waals surface area contributed by atoms with Crippen molar-refractivity contribution in [3.8, 4) is 0 Å². The van der Waals surface area contributed by atoms with Gasteiger partial charge in [0.05, 0.1) is 12.6 Å². The number of benzene rings is 1. The van der Waals surface area contributed by atoms with Gasteiger partial charge in [0.2, 0.25) is 0 Å². The normalized spacial score (nSPS) is 15.0. The Hall–Kier alpha value is -2.31. The van der Waals surface area contributed by atoms with Crippen molar-refractivity contribution in [2.24, 2.45) is 0 Å². The van der Waals surface area contributed by atoms with Gasteiger partial charge in [0.15, 0.2) is 0 Å². The fourth-order valence-electron chi connectivity index (χ4n) is 2.46. The lowest BCUT2D eigenvalue weighted by atomic mass is 10.1. The quantitative estimate of drug-likeness (QED) is 0.660. The summed E-state index contributed by atoms with van der Waals surface area (Å²) < 4.78 is 5.74. The molecule has 126 valence electrons. The SMILES string of the molecule is CC(NC(=O)NCC(C)(O)c1cccs1)c1cc2ccccc2o1. The van der Waals surface area contributed by atoms with Gasteiger partial charge in [-0.05, 0) is 37.4 Å². The van der Waals surface area contributed by atoms with Gasteiger partial charge >= 0.3 is 6.03 Å². The molecule has 2 unspecified atom stereocenters. The highest BCUT2D eigenvalue weighted by atomic mass is 32.1. The van der Waals surface area contributed by atoms with Crippen LogP contribution >= 0.6 is 11.3 Å². The first-order chi connectivity index (χ1) is 11.5. The number of hydrogen-bond acceptors (Lipinski definition) is 4. The second-order valence-electron chi connectivity index (χ2n) is 5.99. The van der Waals surface area contributed by atoms with Gasteiger partial charge in [0.1, 0.15) is 16.9 Å².